The number of fused-ring (bicyclic) bond motifs is 2. The zero-order valence-corrected chi connectivity index (χ0v) is 13.7. The van der Waals surface area contributed by atoms with Gasteiger partial charge in [-0.3, -0.25) is 0 Å². The van der Waals surface area contributed by atoms with E-state index >= 15 is 0 Å². The molecular weight excluding hydrogens is 298 g/mol. The molecule has 0 bridgehead atoms. The van der Waals surface area contributed by atoms with Gasteiger partial charge in [0.25, 0.3) is 0 Å². The number of hydrogen-bond acceptors (Lipinski definition) is 3. The first-order chi connectivity index (χ1) is 11.7. The summed E-state index contributed by atoms with van der Waals surface area (Å²) >= 11 is 0. The third-order valence-electron chi connectivity index (χ3n) is 4.84. The Hall–Kier alpha value is -2.36. The van der Waals surface area contributed by atoms with Crippen LogP contribution in [0.1, 0.15) is 22.7 Å². The van der Waals surface area contributed by atoms with E-state index in [0.717, 1.165) is 18.7 Å². The maximum Gasteiger partial charge on any atom is 0.119 e. The summed E-state index contributed by atoms with van der Waals surface area (Å²) in [6.07, 6.45) is 0.373. The summed E-state index contributed by atoms with van der Waals surface area (Å²) in [6.45, 7) is 0.734. The van der Waals surface area contributed by atoms with Crippen LogP contribution in [0.15, 0.2) is 60.7 Å². The fraction of sp³-hybridized carbons (Fsp3) is 0.238. The second kappa shape index (κ2) is 6.27. The lowest BCUT2D eigenvalue weighted by Crippen LogP contribution is -2.28. The molecule has 3 aromatic rings. The van der Waals surface area contributed by atoms with E-state index in [2.05, 4.69) is 41.7 Å². The summed E-state index contributed by atoms with van der Waals surface area (Å²) in [7, 11) is 1.68. The van der Waals surface area contributed by atoms with Crippen LogP contribution in [-0.4, -0.2) is 18.3 Å². The molecule has 4 rings (SSSR count). The number of ether oxygens (including phenoxy) is 1. The molecule has 0 fully saturated rings. The summed E-state index contributed by atoms with van der Waals surface area (Å²) in [6, 6.07) is 20.8. The molecule has 3 nitrogen and oxygen atoms in total. The second-order valence-corrected chi connectivity index (χ2v) is 6.38. The smallest absolute Gasteiger partial charge is 0.119 e. The Balaban J connectivity index is 1.53. The van der Waals surface area contributed by atoms with E-state index in [9.17, 15) is 5.11 Å². The van der Waals surface area contributed by atoms with Gasteiger partial charge in [-0.1, -0.05) is 42.5 Å². The predicted octanol–water partition coefficient (Wildman–Crippen LogP) is 3.60. The highest BCUT2D eigenvalue weighted by Crippen LogP contribution is 2.31. The lowest BCUT2D eigenvalue weighted by Gasteiger charge is -2.18. The first-order valence-corrected chi connectivity index (χ1v) is 8.30. The molecule has 2 N–H and O–H groups in total. The molecule has 0 radical (unpaired) electrons. The number of methoxy groups -OCH3 is 1. The van der Waals surface area contributed by atoms with E-state index in [0.29, 0.717) is 0 Å². The maximum absolute atomic E-state index is 10.3. The summed E-state index contributed by atoms with van der Waals surface area (Å²) in [5, 5.41) is 16.2. The van der Waals surface area contributed by atoms with Crippen molar-refractivity contribution in [1.29, 1.82) is 0 Å². The number of hydrogen-bond donors (Lipinski definition) is 2. The molecule has 1 aliphatic rings. The number of nitrogens with one attached hydrogen (secondary N) is 1. The molecule has 0 saturated carbocycles. The van der Waals surface area contributed by atoms with Crippen molar-refractivity contribution in [2.45, 2.75) is 25.1 Å². The van der Waals surface area contributed by atoms with Gasteiger partial charge in [-0.25, -0.2) is 0 Å². The van der Waals surface area contributed by atoms with Gasteiger partial charge in [-0.05, 0) is 45.7 Å². The second-order valence-electron chi connectivity index (χ2n) is 6.38. The minimum atomic E-state index is -0.355. The molecule has 122 valence electrons. The third-order valence-corrected chi connectivity index (χ3v) is 4.84. The van der Waals surface area contributed by atoms with E-state index < -0.39 is 0 Å². The number of aliphatic hydroxyl groups excluding tert-OH is 1. The van der Waals surface area contributed by atoms with Gasteiger partial charge in [-0.2, -0.15) is 0 Å². The highest BCUT2D eigenvalue weighted by molar-refractivity contribution is 5.84. The molecule has 0 aromatic heterocycles. The zero-order valence-electron chi connectivity index (χ0n) is 13.7. The van der Waals surface area contributed by atoms with Gasteiger partial charge < -0.3 is 15.2 Å². The van der Waals surface area contributed by atoms with Crippen molar-refractivity contribution in [3.05, 3.63) is 77.4 Å². The first-order valence-electron chi connectivity index (χ1n) is 8.30. The first kappa shape index (κ1) is 15.2. The highest BCUT2D eigenvalue weighted by Gasteiger charge is 2.29. The lowest BCUT2D eigenvalue weighted by atomic mass is 10.0. The minimum absolute atomic E-state index is 0.00719. The molecule has 0 saturated heterocycles. The molecule has 0 aliphatic heterocycles. The summed E-state index contributed by atoms with van der Waals surface area (Å²) in [5.41, 5.74) is 3.67. The molecule has 0 amide bonds. The normalized spacial score (nSPS) is 19.4. The van der Waals surface area contributed by atoms with Crippen LogP contribution in [0.3, 0.4) is 0 Å². The van der Waals surface area contributed by atoms with Crippen LogP contribution >= 0.6 is 0 Å². The van der Waals surface area contributed by atoms with Crippen molar-refractivity contribution in [2.24, 2.45) is 0 Å². The summed E-state index contributed by atoms with van der Waals surface area (Å²) in [5.74, 6) is 0.874. The number of benzene rings is 3. The largest absolute Gasteiger partial charge is 0.497 e. The topological polar surface area (TPSA) is 41.5 Å². The molecule has 1 aliphatic carbocycles. The zero-order chi connectivity index (χ0) is 16.5. The van der Waals surface area contributed by atoms with Gasteiger partial charge in [0.05, 0.1) is 19.3 Å². The van der Waals surface area contributed by atoms with E-state index in [-0.39, 0.29) is 12.1 Å². The monoisotopic (exact) mass is 319 g/mol. The molecule has 3 aromatic carbocycles. The highest BCUT2D eigenvalue weighted by atomic mass is 16.5. The van der Waals surface area contributed by atoms with Crippen molar-refractivity contribution in [1.82, 2.24) is 5.32 Å². The van der Waals surface area contributed by atoms with Crippen molar-refractivity contribution in [3.8, 4) is 5.75 Å². The van der Waals surface area contributed by atoms with Crippen LogP contribution in [0.2, 0.25) is 0 Å². The molecule has 0 unspecified atom stereocenters. The predicted molar refractivity (Wildman–Crippen MR) is 96.2 cm³/mol. The van der Waals surface area contributed by atoms with E-state index in [1.54, 1.807) is 7.11 Å². The maximum atomic E-state index is 10.3. The molecule has 0 heterocycles. The van der Waals surface area contributed by atoms with Gasteiger partial charge in [0.15, 0.2) is 0 Å². The lowest BCUT2D eigenvalue weighted by molar-refractivity contribution is 0.140. The van der Waals surface area contributed by atoms with Crippen LogP contribution in [0, 0.1) is 0 Å². The van der Waals surface area contributed by atoms with Crippen molar-refractivity contribution in [2.75, 3.05) is 7.11 Å². The quantitative estimate of drug-likeness (QED) is 0.772. The van der Waals surface area contributed by atoms with Gasteiger partial charge in [0.1, 0.15) is 5.75 Å². The van der Waals surface area contributed by atoms with Crippen LogP contribution in [0.5, 0.6) is 5.75 Å². The third kappa shape index (κ3) is 2.77. The Bertz CT molecular complexity index is 875. The van der Waals surface area contributed by atoms with Crippen molar-refractivity contribution in [3.63, 3.8) is 0 Å². The average molecular weight is 319 g/mol. The Morgan fingerprint density at radius 2 is 1.83 bits per heavy atom. The van der Waals surface area contributed by atoms with Crippen LogP contribution < -0.4 is 10.1 Å². The molecule has 0 spiro atoms. The number of rotatable bonds is 4. The van der Waals surface area contributed by atoms with E-state index in [4.69, 9.17) is 4.74 Å². The van der Waals surface area contributed by atoms with Crippen molar-refractivity contribution < 1.29 is 9.84 Å². The Morgan fingerprint density at radius 1 is 1.04 bits per heavy atom. The summed E-state index contributed by atoms with van der Waals surface area (Å²) < 4.78 is 5.27. The van der Waals surface area contributed by atoms with Crippen LogP contribution in [-0.2, 0) is 13.0 Å². The fourth-order valence-electron chi connectivity index (χ4n) is 3.56. The fourth-order valence-corrected chi connectivity index (χ4v) is 3.56. The van der Waals surface area contributed by atoms with Crippen molar-refractivity contribution >= 4 is 10.8 Å². The summed E-state index contributed by atoms with van der Waals surface area (Å²) in [4.78, 5) is 0. The van der Waals surface area contributed by atoms with E-state index in [1.807, 2.05) is 24.3 Å². The minimum Gasteiger partial charge on any atom is -0.497 e. The van der Waals surface area contributed by atoms with Crippen LogP contribution in [0.4, 0.5) is 0 Å². The Kier molecular flexibility index (Phi) is 3.97. The molecule has 2 atom stereocenters. The standard InChI is InChI=1S/C21H21NO2/c1-24-18-9-8-15-10-14(6-7-16(15)11-18)13-22-21-19-5-3-2-4-17(19)12-20(21)23/h2-11,20-23H,12-13H2,1H3/t20-,21+/m0/s1. The SMILES string of the molecule is COc1ccc2cc(CN[C@@H]3c4ccccc4C[C@@H]3O)ccc2c1. The molecule has 24 heavy (non-hydrogen) atoms. The molecular formula is C21H21NO2. The van der Waals surface area contributed by atoms with Gasteiger partial charge in [0.2, 0.25) is 0 Å². The Morgan fingerprint density at radius 3 is 2.71 bits per heavy atom. The van der Waals surface area contributed by atoms with E-state index in [1.165, 1.54) is 27.5 Å². The van der Waals surface area contributed by atoms with Gasteiger partial charge >= 0.3 is 0 Å². The van der Waals surface area contributed by atoms with Gasteiger partial charge in [-0.15, -0.1) is 0 Å². The average Bonchev–Trinajstić information content (AvgIpc) is 2.94. The molecule has 3 heteroatoms. The van der Waals surface area contributed by atoms with Crippen LogP contribution in [0.25, 0.3) is 10.8 Å². The number of aliphatic hydroxyl groups is 1. The van der Waals surface area contributed by atoms with Gasteiger partial charge in [0, 0.05) is 13.0 Å². The Labute approximate surface area is 141 Å².